The van der Waals surface area contributed by atoms with Crippen LogP contribution in [0.25, 0.3) is 0 Å². The average Bonchev–Trinajstić information content (AvgIpc) is 2.91. The molecule has 0 aromatic rings. The van der Waals surface area contributed by atoms with Gasteiger partial charge < -0.3 is 15.4 Å². The molecular formula is C19H34N2O2. The van der Waals surface area contributed by atoms with Gasteiger partial charge in [0.25, 0.3) is 0 Å². The first kappa shape index (κ1) is 18.3. The number of hydrogen-bond donors (Lipinski definition) is 2. The lowest BCUT2D eigenvalue weighted by atomic mass is 9.71. The largest absolute Gasteiger partial charge is 0.444 e. The number of nitrogens with one attached hydrogen (secondary N) is 2. The molecule has 2 fully saturated rings. The van der Waals surface area contributed by atoms with Crippen molar-refractivity contribution in [2.75, 3.05) is 13.1 Å². The molecule has 2 N–H and O–H groups in total. The summed E-state index contributed by atoms with van der Waals surface area (Å²) in [5.74, 6) is 0. The van der Waals surface area contributed by atoms with E-state index in [1.165, 1.54) is 51.4 Å². The molecule has 0 unspecified atom stereocenters. The standard InChI is InChI=1S/C19H34N2O2/c1-18(2,3)23-17(22)21-15-7-6-14-20-16-8-12-19(13-9-16)10-4-5-11-19/h6-7,16,20H,4-5,8-15H2,1-3H3,(H,21,22)/b7-6+. The van der Waals surface area contributed by atoms with Crippen LogP contribution in [0, 0.1) is 5.41 Å². The molecule has 0 heterocycles. The Bertz CT molecular complexity index is 396. The van der Waals surface area contributed by atoms with Crippen molar-refractivity contribution in [1.82, 2.24) is 10.6 Å². The van der Waals surface area contributed by atoms with Gasteiger partial charge in [0, 0.05) is 19.1 Å². The van der Waals surface area contributed by atoms with Crippen molar-refractivity contribution in [2.45, 2.75) is 83.8 Å². The third kappa shape index (κ3) is 6.54. The maximum absolute atomic E-state index is 11.5. The molecule has 4 heteroatoms. The van der Waals surface area contributed by atoms with E-state index in [1.807, 2.05) is 26.8 Å². The molecule has 0 atom stereocenters. The van der Waals surface area contributed by atoms with Crippen LogP contribution in [-0.4, -0.2) is 30.8 Å². The zero-order chi connectivity index (χ0) is 16.8. The van der Waals surface area contributed by atoms with Gasteiger partial charge in [0.1, 0.15) is 5.60 Å². The van der Waals surface area contributed by atoms with Crippen molar-refractivity contribution in [2.24, 2.45) is 5.41 Å². The van der Waals surface area contributed by atoms with Crippen molar-refractivity contribution in [3.05, 3.63) is 12.2 Å². The van der Waals surface area contributed by atoms with Crippen molar-refractivity contribution in [1.29, 1.82) is 0 Å². The van der Waals surface area contributed by atoms with E-state index >= 15 is 0 Å². The van der Waals surface area contributed by atoms with Crippen LogP contribution in [0.15, 0.2) is 12.2 Å². The van der Waals surface area contributed by atoms with E-state index in [1.54, 1.807) is 0 Å². The van der Waals surface area contributed by atoms with Crippen molar-refractivity contribution in [3.8, 4) is 0 Å². The highest BCUT2D eigenvalue weighted by Crippen LogP contribution is 2.48. The molecule has 132 valence electrons. The van der Waals surface area contributed by atoms with Gasteiger partial charge in [0.2, 0.25) is 0 Å². The van der Waals surface area contributed by atoms with Crippen LogP contribution in [0.3, 0.4) is 0 Å². The number of carbonyl (C=O) groups is 1. The second-order valence-electron chi connectivity index (χ2n) is 8.24. The second-order valence-corrected chi connectivity index (χ2v) is 8.24. The van der Waals surface area contributed by atoms with Crippen LogP contribution in [-0.2, 0) is 4.74 Å². The molecule has 0 aromatic heterocycles. The van der Waals surface area contributed by atoms with Crippen molar-refractivity contribution >= 4 is 6.09 Å². The van der Waals surface area contributed by atoms with Crippen molar-refractivity contribution in [3.63, 3.8) is 0 Å². The van der Waals surface area contributed by atoms with Gasteiger partial charge in [-0.25, -0.2) is 4.79 Å². The molecular weight excluding hydrogens is 288 g/mol. The lowest BCUT2D eigenvalue weighted by Crippen LogP contribution is -2.36. The normalized spacial score (nSPS) is 21.9. The first-order chi connectivity index (χ1) is 10.9. The minimum Gasteiger partial charge on any atom is -0.444 e. The van der Waals surface area contributed by atoms with Gasteiger partial charge in [-0.3, -0.25) is 0 Å². The van der Waals surface area contributed by atoms with Gasteiger partial charge in [0.15, 0.2) is 0 Å². The Kier molecular flexibility index (Phi) is 6.51. The van der Waals surface area contributed by atoms with Gasteiger partial charge in [-0.15, -0.1) is 0 Å². The first-order valence-corrected chi connectivity index (χ1v) is 9.24. The summed E-state index contributed by atoms with van der Waals surface area (Å²) >= 11 is 0. The third-order valence-electron chi connectivity index (χ3n) is 5.16. The van der Waals surface area contributed by atoms with E-state index in [2.05, 4.69) is 16.7 Å². The van der Waals surface area contributed by atoms with Gasteiger partial charge in [-0.2, -0.15) is 0 Å². The second kappa shape index (κ2) is 8.18. The summed E-state index contributed by atoms with van der Waals surface area (Å²) in [6, 6.07) is 0.671. The molecule has 1 amide bonds. The summed E-state index contributed by atoms with van der Waals surface area (Å²) in [6.07, 6.45) is 15.0. The number of ether oxygens (including phenoxy) is 1. The van der Waals surface area contributed by atoms with Gasteiger partial charge in [0.05, 0.1) is 0 Å². The molecule has 0 saturated heterocycles. The monoisotopic (exact) mass is 322 g/mol. The predicted molar refractivity (Wildman–Crippen MR) is 94.5 cm³/mol. The molecule has 2 aliphatic carbocycles. The van der Waals surface area contributed by atoms with Gasteiger partial charge in [-0.1, -0.05) is 25.0 Å². The number of amides is 1. The van der Waals surface area contributed by atoms with Gasteiger partial charge >= 0.3 is 6.09 Å². The molecule has 2 rings (SSSR count). The minimum absolute atomic E-state index is 0.357. The number of alkyl carbamates (subject to hydrolysis) is 1. The quantitative estimate of drug-likeness (QED) is 0.747. The lowest BCUT2D eigenvalue weighted by molar-refractivity contribution is 0.0534. The summed E-state index contributed by atoms with van der Waals surface area (Å²) in [4.78, 5) is 11.5. The highest BCUT2D eigenvalue weighted by Gasteiger charge is 2.37. The summed E-state index contributed by atoms with van der Waals surface area (Å²) < 4.78 is 5.19. The maximum Gasteiger partial charge on any atom is 0.407 e. The van der Waals surface area contributed by atoms with Crippen LogP contribution in [0.2, 0.25) is 0 Å². The van der Waals surface area contributed by atoms with E-state index in [0.29, 0.717) is 18.0 Å². The number of carbonyl (C=O) groups excluding carboxylic acids is 1. The Morgan fingerprint density at radius 1 is 1.09 bits per heavy atom. The molecule has 0 bridgehead atoms. The highest BCUT2D eigenvalue weighted by atomic mass is 16.6. The van der Waals surface area contributed by atoms with E-state index < -0.39 is 5.60 Å². The lowest BCUT2D eigenvalue weighted by Gasteiger charge is -2.37. The first-order valence-electron chi connectivity index (χ1n) is 9.24. The Morgan fingerprint density at radius 2 is 1.70 bits per heavy atom. The van der Waals surface area contributed by atoms with Crippen LogP contribution >= 0.6 is 0 Å². The highest BCUT2D eigenvalue weighted by molar-refractivity contribution is 5.67. The number of hydrogen-bond acceptors (Lipinski definition) is 3. The van der Waals surface area contributed by atoms with Crippen LogP contribution in [0.5, 0.6) is 0 Å². The third-order valence-corrected chi connectivity index (χ3v) is 5.16. The smallest absolute Gasteiger partial charge is 0.407 e. The molecule has 0 aliphatic heterocycles. The van der Waals surface area contributed by atoms with E-state index in [-0.39, 0.29) is 6.09 Å². The topological polar surface area (TPSA) is 50.4 Å². The average molecular weight is 322 g/mol. The zero-order valence-electron chi connectivity index (χ0n) is 15.1. The Hall–Kier alpha value is -1.03. The molecule has 2 aliphatic rings. The minimum atomic E-state index is -0.437. The van der Waals surface area contributed by atoms with E-state index in [0.717, 1.165) is 6.54 Å². The Labute approximate surface area is 141 Å². The van der Waals surface area contributed by atoms with E-state index in [9.17, 15) is 4.79 Å². The SMILES string of the molecule is CC(C)(C)OC(=O)NC/C=C/CNC1CCC2(CCCC2)CC1. The zero-order valence-corrected chi connectivity index (χ0v) is 15.1. The fourth-order valence-electron chi connectivity index (χ4n) is 3.92. The van der Waals surface area contributed by atoms with Crippen LogP contribution in [0.1, 0.15) is 72.1 Å². The fourth-order valence-corrected chi connectivity index (χ4v) is 3.92. The molecule has 1 spiro atoms. The van der Waals surface area contributed by atoms with E-state index in [4.69, 9.17) is 4.74 Å². The molecule has 4 nitrogen and oxygen atoms in total. The number of rotatable bonds is 5. The van der Waals surface area contributed by atoms with Gasteiger partial charge in [-0.05, 0) is 64.7 Å². The predicted octanol–water partition coefficient (Wildman–Crippen LogP) is 4.16. The molecule has 23 heavy (non-hydrogen) atoms. The Balaban J connectivity index is 1.53. The maximum atomic E-state index is 11.5. The molecule has 0 aromatic carbocycles. The molecule has 0 radical (unpaired) electrons. The molecule has 2 saturated carbocycles. The summed E-state index contributed by atoms with van der Waals surface area (Å²) in [6.45, 7) is 7.00. The summed E-state index contributed by atoms with van der Waals surface area (Å²) in [5, 5.41) is 6.36. The summed E-state index contributed by atoms with van der Waals surface area (Å²) in [5.41, 5.74) is 0.276. The van der Waals surface area contributed by atoms with Crippen LogP contribution < -0.4 is 10.6 Å². The van der Waals surface area contributed by atoms with Crippen LogP contribution in [0.4, 0.5) is 4.79 Å². The fraction of sp³-hybridized carbons (Fsp3) is 0.842. The summed E-state index contributed by atoms with van der Waals surface area (Å²) in [7, 11) is 0. The Morgan fingerprint density at radius 3 is 2.30 bits per heavy atom. The van der Waals surface area contributed by atoms with Crippen molar-refractivity contribution < 1.29 is 9.53 Å².